The Morgan fingerprint density at radius 1 is 1.07 bits per heavy atom. The molecule has 0 heterocycles. The maximum absolute atomic E-state index is 13.6. The Kier molecular flexibility index (Phi) is 6.38. The summed E-state index contributed by atoms with van der Waals surface area (Å²) in [5.41, 5.74) is 0.0453. The molecule has 0 spiro atoms. The molecule has 5 nitrogen and oxygen atoms in total. The van der Waals surface area contributed by atoms with Crippen molar-refractivity contribution >= 4 is 17.6 Å². The highest BCUT2D eigenvalue weighted by atomic mass is 19.4. The average Bonchev–Trinajstić information content (AvgIpc) is 2.62. The molecule has 0 aliphatic carbocycles. The lowest BCUT2D eigenvalue weighted by Crippen LogP contribution is -2.48. The normalized spacial score (nSPS) is 12.2. The van der Waals surface area contributed by atoms with Crippen LogP contribution < -0.4 is 16.0 Å². The van der Waals surface area contributed by atoms with Crippen molar-refractivity contribution in [2.45, 2.75) is 18.6 Å². The molecule has 2 aromatic carbocycles. The molecule has 0 aliphatic rings. The van der Waals surface area contributed by atoms with Crippen LogP contribution in [0.3, 0.4) is 0 Å². The highest BCUT2D eigenvalue weighted by molar-refractivity contribution is 5.97. The summed E-state index contributed by atoms with van der Waals surface area (Å²) < 4.78 is 53.3. The van der Waals surface area contributed by atoms with Crippen LogP contribution in [0.15, 0.2) is 48.5 Å². The lowest BCUT2D eigenvalue weighted by molar-refractivity contribution is -0.152. The summed E-state index contributed by atoms with van der Waals surface area (Å²) in [6, 6.07) is 7.79. The summed E-state index contributed by atoms with van der Waals surface area (Å²) in [7, 11) is 1.30. The van der Waals surface area contributed by atoms with Crippen LogP contribution in [0.1, 0.15) is 15.9 Å². The lowest BCUT2D eigenvalue weighted by atomic mass is 10.1. The molecular formula is C18H17F4N3O2. The fourth-order valence-electron chi connectivity index (χ4n) is 2.34. The molecule has 3 N–H and O–H groups in total. The van der Waals surface area contributed by atoms with Crippen molar-refractivity contribution in [3.8, 4) is 0 Å². The van der Waals surface area contributed by atoms with E-state index in [2.05, 4.69) is 10.6 Å². The Morgan fingerprint density at radius 2 is 1.74 bits per heavy atom. The third kappa shape index (κ3) is 5.70. The van der Waals surface area contributed by atoms with Crippen LogP contribution in [0.4, 0.5) is 28.0 Å². The summed E-state index contributed by atoms with van der Waals surface area (Å²) in [5.74, 6) is -1.55. The van der Waals surface area contributed by atoms with Crippen LogP contribution in [0.2, 0.25) is 0 Å². The number of rotatable bonds is 5. The number of nitrogens with one attached hydrogen (secondary N) is 3. The highest BCUT2D eigenvalue weighted by Gasteiger charge is 2.40. The van der Waals surface area contributed by atoms with Gasteiger partial charge in [-0.1, -0.05) is 30.3 Å². The molecule has 0 bridgehead atoms. The van der Waals surface area contributed by atoms with Crippen LogP contribution in [0.5, 0.6) is 0 Å². The first-order valence-corrected chi connectivity index (χ1v) is 7.90. The molecule has 0 saturated heterocycles. The van der Waals surface area contributed by atoms with E-state index in [0.29, 0.717) is 5.56 Å². The van der Waals surface area contributed by atoms with Gasteiger partial charge in [-0.2, -0.15) is 13.2 Å². The molecule has 1 unspecified atom stereocenters. The minimum atomic E-state index is -4.66. The van der Waals surface area contributed by atoms with Crippen molar-refractivity contribution in [2.24, 2.45) is 0 Å². The second kappa shape index (κ2) is 8.52. The number of hydrogen-bond acceptors (Lipinski definition) is 2. The molecular weight excluding hydrogens is 366 g/mol. The van der Waals surface area contributed by atoms with Crippen LogP contribution in [0.25, 0.3) is 0 Å². The number of anilines is 1. The zero-order chi connectivity index (χ0) is 20.0. The summed E-state index contributed by atoms with van der Waals surface area (Å²) in [4.78, 5) is 23.5. The fraction of sp³-hybridized carbons (Fsp3) is 0.222. The minimum Gasteiger partial charge on any atom is -0.355 e. The largest absolute Gasteiger partial charge is 0.408 e. The van der Waals surface area contributed by atoms with Crippen molar-refractivity contribution < 1.29 is 27.2 Å². The standard InChI is InChI=1S/C18H17F4N3O2/c1-23-16(26)13-10-12(7-8-14(13)19)24-17(27)25-15(18(20,21)22)9-11-5-3-2-4-6-11/h2-8,10,15H,9H2,1H3,(H,23,26)(H2,24,25,27). The Hall–Kier alpha value is -3.10. The summed E-state index contributed by atoms with van der Waals surface area (Å²) >= 11 is 0. The predicted molar refractivity (Wildman–Crippen MR) is 91.9 cm³/mol. The minimum absolute atomic E-state index is 0.0202. The van der Waals surface area contributed by atoms with E-state index in [0.717, 1.165) is 18.2 Å². The molecule has 9 heteroatoms. The number of halogens is 4. The van der Waals surface area contributed by atoms with Crippen molar-refractivity contribution in [3.63, 3.8) is 0 Å². The number of carbonyl (C=O) groups is 2. The van der Waals surface area contributed by atoms with Crippen molar-refractivity contribution in [1.82, 2.24) is 10.6 Å². The van der Waals surface area contributed by atoms with E-state index in [1.165, 1.54) is 19.2 Å². The molecule has 0 aromatic heterocycles. The van der Waals surface area contributed by atoms with Crippen molar-refractivity contribution in [2.75, 3.05) is 12.4 Å². The van der Waals surface area contributed by atoms with Gasteiger partial charge in [-0.05, 0) is 23.8 Å². The van der Waals surface area contributed by atoms with E-state index in [1.54, 1.807) is 18.2 Å². The number of hydrogen-bond donors (Lipinski definition) is 3. The van der Waals surface area contributed by atoms with Gasteiger partial charge in [0, 0.05) is 19.2 Å². The first kappa shape index (κ1) is 20.2. The number of alkyl halides is 3. The van der Waals surface area contributed by atoms with Gasteiger partial charge in [-0.3, -0.25) is 4.79 Å². The number of benzene rings is 2. The Morgan fingerprint density at radius 3 is 2.33 bits per heavy atom. The van der Waals surface area contributed by atoms with Gasteiger partial charge in [0.1, 0.15) is 11.9 Å². The molecule has 2 aromatic rings. The van der Waals surface area contributed by atoms with E-state index in [1.807, 2.05) is 5.32 Å². The highest BCUT2D eigenvalue weighted by Crippen LogP contribution is 2.23. The molecule has 2 rings (SSSR count). The van der Waals surface area contributed by atoms with Crippen LogP contribution in [-0.4, -0.2) is 31.2 Å². The van der Waals surface area contributed by atoms with Gasteiger partial charge >= 0.3 is 12.2 Å². The Labute approximate surface area is 152 Å². The first-order valence-electron chi connectivity index (χ1n) is 7.90. The number of amides is 3. The van der Waals surface area contributed by atoms with E-state index in [-0.39, 0.29) is 11.3 Å². The fourth-order valence-corrected chi connectivity index (χ4v) is 2.34. The second-order valence-electron chi connectivity index (χ2n) is 5.66. The summed E-state index contributed by atoms with van der Waals surface area (Å²) in [6.45, 7) is 0. The molecule has 144 valence electrons. The van der Waals surface area contributed by atoms with Crippen LogP contribution >= 0.6 is 0 Å². The molecule has 0 saturated carbocycles. The summed E-state index contributed by atoms with van der Waals surface area (Å²) in [5, 5.41) is 6.27. The van der Waals surface area contributed by atoms with Gasteiger partial charge in [0.15, 0.2) is 0 Å². The predicted octanol–water partition coefficient (Wildman–Crippen LogP) is 3.48. The van der Waals surface area contributed by atoms with E-state index in [4.69, 9.17) is 0 Å². The van der Waals surface area contributed by atoms with E-state index < -0.39 is 36.4 Å². The molecule has 3 amide bonds. The smallest absolute Gasteiger partial charge is 0.355 e. The zero-order valence-corrected chi connectivity index (χ0v) is 14.2. The van der Waals surface area contributed by atoms with Crippen molar-refractivity contribution in [3.05, 3.63) is 65.5 Å². The topological polar surface area (TPSA) is 70.2 Å². The van der Waals surface area contributed by atoms with Crippen LogP contribution in [-0.2, 0) is 6.42 Å². The quantitative estimate of drug-likeness (QED) is 0.692. The maximum Gasteiger partial charge on any atom is 0.408 e. The van der Waals surface area contributed by atoms with E-state index >= 15 is 0 Å². The van der Waals surface area contributed by atoms with E-state index in [9.17, 15) is 27.2 Å². The Balaban J connectivity index is 2.11. The molecule has 0 fully saturated rings. The zero-order valence-electron chi connectivity index (χ0n) is 14.2. The first-order chi connectivity index (χ1) is 12.7. The number of urea groups is 1. The average molecular weight is 383 g/mol. The van der Waals surface area contributed by atoms with Gasteiger partial charge in [-0.25, -0.2) is 9.18 Å². The van der Waals surface area contributed by atoms with Crippen molar-refractivity contribution in [1.29, 1.82) is 0 Å². The van der Waals surface area contributed by atoms with Gasteiger partial charge < -0.3 is 16.0 Å². The van der Waals surface area contributed by atoms with Gasteiger partial charge in [0.2, 0.25) is 0 Å². The third-order valence-electron chi connectivity index (χ3n) is 3.68. The van der Waals surface area contributed by atoms with Gasteiger partial charge in [-0.15, -0.1) is 0 Å². The molecule has 0 aliphatic heterocycles. The lowest BCUT2D eigenvalue weighted by Gasteiger charge is -2.22. The second-order valence-corrected chi connectivity index (χ2v) is 5.66. The maximum atomic E-state index is 13.6. The summed E-state index contributed by atoms with van der Waals surface area (Å²) in [6.07, 6.45) is -5.10. The van der Waals surface area contributed by atoms with Crippen LogP contribution in [0, 0.1) is 5.82 Å². The third-order valence-corrected chi connectivity index (χ3v) is 3.68. The van der Waals surface area contributed by atoms with Gasteiger partial charge in [0.25, 0.3) is 5.91 Å². The number of carbonyl (C=O) groups excluding carboxylic acids is 2. The SMILES string of the molecule is CNC(=O)c1cc(NC(=O)NC(Cc2ccccc2)C(F)(F)F)ccc1F. The molecule has 0 radical (unpaired) electrons. The Bertz CT molecular complexity index is 810. The molecule has 27 heavy (non-hydrogen) atoms. The van der Waals surface area contributed by atoms with Gasteiger partial charge in [0.05, 0.1) is 5.56 Å². The molecule has 1 atom stereocenters. The monoisotopic (exact) mass is 383 g/mol.